The fourth-order valence-corrected chi connectivity index (χ4v) is 2.29. The van der Waals surface area contributed by atoms with Crippen LogP contribution < -0.4 is 0 Å². The summed E-state index contributed by atoms with van der Waals surface area (Å²) in [6.45, 7) is 9.25. The van der Waals surface area contributed by atoms with E-state index in [1.165, 1.54) is 6.07 Å². The van der Waals surface area contributed by atoms with Gasteiger partial charge in [-0.25, -0.2) is 9.37 Å². The highest BCUT2D eigenvalue weighted by Crippen LogP contribution is 2.28. The van der Waals surface area contributed by atoms with Gasteiger partial charge in [0.1, 0.15) is 11.3 Å². The lowest BCUT2D eigenvalue weighted by molar-refractivity contribution is 0.364. The monoisotopic (exact) mass is 282 g/mol. The van der Waals surface area contributed by atoms with Crippen LogP contribution in [0.2, 0.25) is 0 Å². The first-order chi connectivity index (χ1) is 8.91. The number of alkyl halides is 1. The number of para-hydroxylation sites is 1. The lowest BCUT2D eigenvalue weighted by Crippen LogP contribution is -2.15. The van der Waals surface area contributed by atoms with E-state index in [4.69, 9.17) is 11.6 Å². The van der Waals surface area contributed by atoms with Gasteiger partial charge in [0.25, 0.3) is 0 Å². The third-order valence-electron chi connectivity index (χ3n) is 3.72. The Hall–Kier alpha value is -1.09. The van der Waals surface area contributed by atoms with E-state index >= 15 is 0 Å². The summed E-state index contributed by atoms with van der Waals surface area (Å²) in [7, 11) is 0. The molecule has 0 amide bonds. The van der Waals surface area contributed by atoms with Gasteiger partial charge in [-0.3, -0.25) is 0 Å². The van der Waals surface area contributed by atoms with Crippen LogP contribution in [-0.4, -0.2) is 9.55 Å². The number of hydrogen-bond acceptors (Lipinski definition) is 1. The van der Waals surface area contributed by atoms with Crippen LogP contribution in [-0.2, 0) is 6.54 Å². The molecule has 2 rings (SSSR count). The number of benzene rings is 1. The summed E-state index contributed by atoms with van der Waals surface area (Å²) in [5, 5.41) is -0.230. The van der Waals surface area contributed by atoms with Crippen LogP contribution >= 0.6 is 11.6 Å². The van der Waals surface area contributed by atoms with Crippen molar-refractivity contribution in [1.29, 1.82) is 0 Å². The molecule has 1 aromatic carbocycles. The van der Waals surface area contributed by atoms with Gasteiger partial charge >= 0.3 is 0 Å². The van der Waals surface area contributed by atoms with Gasteiger partial charge in [-0.1, -0.05) is 26.8 Å². The van der Waals surface area contributed by atoms with Crippen molar-refractivity contribution in [2.45, 2.75) is 39.6 Å². The van der Waals surface area contributed by atoms with E-state index in [0.717, 1.165) is 17.9 Å². The molecule has 0 aliphatic rings. The number of fused-ring (bicyclic) bond motifs is 1. The fourth-order valence-electron chi connectivity index (χ4n) is 2.13. The summed E-state index contributed by atoms with van der Waals surface area (Å²) in [6.07, 6.45) is 0. The van der Waals surface area contributed by atoms with Crippen molar-refractivity contribution in [3.8, 4) is 0 Å². The van der Waals surface area contributed by atoms with Gasteiger partial charge in [-0.15, -0.1) is 11.6 Å². The Morgan fingerprint density at radius 2 is 1.95 bits per heavy atom. The average Bonchev–Trinajstić information content (AvgIpc) is 2.70. The van der Waals surface area contributed by atoms with Crippen molar-refractivity contribution < 1.29 is 4.39 Å². The zero-order valence-corrected chi connectivity index (χ0v) is 12.6. The minimum absolute atomic E-state index is 0.230. The van der Waals surface area contributed by atoms with Gasteiger partial charge in [-0.2, -0.15) is 0 Å². The Morgan fingerprint density at radius 3 is 2.53 bits per heavy atom. The molecule has 2 aromatic rings. The van der Waals surface area contributed by atoms with Crippen molar-refractivity contribution in [3.05, 3.63) is 29.8 Å². The third kappa shape index (κ3) is 2.76. The van der Waals surface area contributed by atoms with Crippen LogP contribution in [0.5, 0.6) is 0 Å². The smallest absolute Gasteiger partial charge is 0.151 e. The van der Waals surface area contributed by atoms with Crippen LogP contribution in [0.4, 0.5) is 4.39 Å². The van der Waals surface area contributed by atoms with E-state index in [1.54, 1.807) is 6.07 Å². The summed E-state index contributed by atoms with van der Waals surface area (Å²) < 4.78 is 15.9. The number of aromatic nitrogens is 2. The molecule has 2 unspecified atom stereocenters. The SMILES string of the molecule is CC(Cl)c1nc2c(F)cccc2n1CC(C)C(C)C. The third-order valence-corrected chi connectivity index (χ3v) is 3.92. The zero-order chi connectivity index (χ0) is 14.2. The van der Waals surface area contributed by atoms with Crippen molar-refractivity contribution in [1.82, 2.24) is 9.55 Å². The molecule has 0 radical (unpaired) electrons. The normalized spacial score (nSPS) is 15.1. The molecule has 19 heavy (non-hydrogen) atoms. The van der Waals surface area contributed by atoms with E-state index < -0.39 is 0 Å². The topological polar surface area (TPSA) is 17.8 Å². The summed E-state index contributed by atoms with van der Waals surface area (Å²) in [5.41, 5.74) is 1.25. The quantitative estimate of drug-likeness (QED) is 0.739. The van der Waals surface area contributed by atoms with Crippen molar-refractivity contribution >= 4 is 22.6 Å². The molecule has 0 N–H and O–H groups in total. The number of halogens is 2. The van der Waals surface area contributed by atoms with E-state index in [9.17, 15) is 4.39 Å². The van der Waals surface area contributed by atoms with Gasteiger partial charge in [-0.05, 0) is 30.9 Å². The fraction of sp³-hybridized carbons (Fsp3) is 0.533. The lowest BCUT2D eigenvalue weighted by Gasteiger charge is -2.19. The maximum absolute atomic E-state index is 13.8. The van der Waals surface area contributed by atoms with Gasteiger partial charge < -0.3 is 4.57 Å². The second-order valence-electron chi connectivity index (χ2n) is 5.53. The Kier molecular flexibility index (Phi) is 4.14. The number of imidazole rings is 1. The minimum atomic E-state index is -0.285. The highest BCUT2D eigenvalue weighted by atomic mass is 35.5. The maximum Gasteiger partial charge on any atom is 0.151 e. The molecule has 0 saturated carbocycles. The molecule has 4 heteroatoms. The molecule has 0 saturated heterocycles. The van der Waals surface area contributed by atoms with Crippen LogP contribution in [0, 0.1) is 17.7 Å². The summed E-state index contributed by atoms with van der Waals surface area (Å²) in [5.74, 6) is 1.50. The van der Waals surface area contributed by atoms with E-state index in [2.05, 4.69) is 30.3 Å². The van der Waals surface area contributed by atoms with E-state index in [1.807, 2.05) is 13.0 Å². The largest absolute Gasteiger partial charge is 0.326 e. The number of rotatable bonds is 4. The van der Waals surface area contributed by atoms with Crippen LogP contribution in [0.3, 0.4) is 0 Å². The molecule has 1 heterocycles. The molecular weight excluding hydrogens is 263 g/mol. The Morgan fingerprint density at radius 1 is 1.26 bits per heavy atom. The second-order valence-corrected chi connectivity index (χ2v) is 6.18. The molecule has 0 fully saturated rings. The van der Waals surface area contributed by atoms with Gasteiger partial charge in [0.05, 0.1) is 10.9 Å². The molecule has 1 aromatic heterocycles. The maximum atomic E-state index is 13.8. The molecule has 0 aliphatic heterocycles. The lowest BCUT2D eigenvalue weighted by atomic mass is 9.98. The van der Waals surface area contributed by atoms with Crippen LogP contribution in [0.1, 0.15) is 38.9 Å². The van der Waals surface area contributed by atoms with Gasteiger partial charge in [0, 0.05) is 6.54 Å². The van der Waals surface area contributed by atoms with Gasteiger partial charge in [0.15, 0.2) is 5.82 Å². The Balaban J connectivity index is 2.56. The van der Waals surface area contributed by atoms with Crippen molar-refractivity contribution in [2.24, 2.45) is 11.8 Å². The Labute approximate surface area is 118 Å². The summed E-state index contributed by atoms with van der Waals surface area (Å²) >= 11 is 6.19. The predicted molar refractivity (Wildman–Crippen MR) is 78.0 cm³/mol. The molecule has 2 nitrogen and oxygen atoms in total. The molecule has 104 valence electrons. The van der Waals surface area contributed by atoms with E-state index in [-0.39, 0.29) is 11.2 Å². The van der Waals surface area contributed by atoms with Crippen molar-refractivity contribution in [3.63, 3.8) is 0 Å². The summed E-state index contributed by atoms with van der Waals surface area (Å²) in [4.78, 5) is 4.38. The predicted octanol–water partition coefficient (Wildman–Crippen LogP) is 4.77. The molecule has 0 aliphatic carbocycles. The second kappa shape index (κ2) is 5.49. The molecular formula is C15H20ClFN2. The van der Waals surface area contributed by atoms with Crippen molar-refractivity contribution in [2.75, 3.05) is 0 Å². The minimum Gasteiger partial charge on any atom is -0.326 e. The van der Waals surface area contributed by atoms with Crippen LogP contribution in [0.25, 0.3) is 11.0 Å². The first-order valence-electron chi connectivity index (χ1n) is 6.70. The Bertz CT molecular complexity index is 575. The van der Waals surface area contributed by atoms with Gasteiger partial charge in [0.2, 0.25) is 0 Å². The van der Waals surface area contributed by atoms with Crippen LogP contribution in [0.15, 0.2) is 18.2 Å². The average molecular weight is 283 g/mol. The number of hydrogen-bond donors (Lipinski definition) is 0. The molecule has 2 atom stereocenters. The molecule has 0 spiro atoms. The summed E-state index contributed by atoms with van der Waals surface area (Å²) in [6, 6.07) is 5.06. The first kappa shape index (κ1) is 14.3. The zero-order valence-electron chi connectivity index (χ0n) is 11.8. The highest BCUT2D eigenvalue weighted by molar-refractivity contribution is 6.20. The standard InChI is InChI=1S/C15H20ClFN2/c1-9(2)10(3)8-19-13-7-5-6-12(17)14(13)18-15(19)11(4)16/h5-7,9-11H,8H2,1-4H3. The highest BCUT2D eigenvalue weighted by Gasteiger charge is 2.19. The number of nitrogens with zero attached hydrogens (tertiary/aromatic N) is 2. The van der Waals surface area contributed by atoms with E-state index in [0.29, 0.717) is 17.4 Å². The molecule has 0 bridgehead atoms. The first-order valence-corrected chi connectivity index (χ1v) is 7.14.